The van der Waals surface area contributed by atoms with Gasteiger partial charge in [-0.05, 0) is 26.3 Å². The van der Waals surface area contributed by atoms with Crippen LogP contribution in [-0.2, 0) is 11.3 Å². The number of carbonyl (C=O) groups excluding carboxylic acids is 1. The molecule has 1 amide bonds. The first-order valence-corrected chi connectivity index (χ1v) is 5.86. The minimum atomic E-state index is -0.0428. The standard InChI is InChI=1S/C11H18N4O/c1-2-15-8-9(7-13-15)14-11(16)10-5-3-4-6-12-10/h7-8,10,12H,2-6H2,1H3,(H,14,16)/t10-/m1/s1. The summed E-state index contributed by atoms with van der Waals surface area (Å²) in [5, 5.41) is 10.2. The van der Waals surface area contributed by atoms with E-state index in [2.05, 4.69) is 15.7 Å². The Balaban J connectivity index is 1.90. The van der Waals surface area contributed by atoms with Crippen molar-refractivity contribution in [3.63, 3.8) is 0 Å². The maximum atomic E-state index is 11.9. The molecule has 2 N–H and O–H groups in total. The fourth-order valence-electron chi connectivity index (χ4n) is 1.91. The fraction of sp³-hybridized carbons (Fsp3) is 0.636. The molecule has 1 aromatic heterocycles. The SMILES string of the molecule is CCn1cc(NC(=O)[C@H]2CCCCN2)cn1. The lowest BCUT2D eigenvalue weighted by atomic mass is 10.0. The smallest absolute Gasteiger partial charge is 0.241 e. The lowest BCUT2D eigenvalue weighted by Gasteiger charge is -2.22. The zero-order valence-electron chi connectivity index (χ0n) is 9.57. The van der Waals surface area contributed by atoms with Crippen LogP contribution in [0, 0.1) is 0 Å². The van der Waals surface area contributed by atoms with Crippen molar-refractivity contribution >= 4 is 11.6 Å². The molecule has 1 aliphatic rings. The van der Waals surface area contributed by atoms with E-state index in [4.69, 9.17) is 0 Å². The predicted molar refractivity (Wildman–Crippen MR) is 62.2 cm³/mol. The van der Waals surface area contributed by atoms with Gasteiger partial charge in [0.2, 0.25) is 5.91 Å². The lowest BCUT2D eigenvalue weighted by Crippen LogP contribution is -2.43. The normalized spacial score (nSPS) is 20.7. The van der Waals surface area contributed by atoms with E-state index in [9.17, 15) is 4.79 Å². The molecule has 1 aromatic rings. The summed E-state index contributed by atoms with van der Waals surface area (Å²) in [6.07, 6.45) is 6.75. The Hall–Kier alpha value is -1.36. The molecule has 1 fully saturated rings. The van der Waals surface area contributed by atoms with Gasteiger partial charge < -0.3 is 10.6 Å². The molecule has 1 aliphatic heterocycles. The summed E-state index contributed by atoms with van der Waals surface area (Å²) >= 11 is 0. The van der Waals surface area contributed by atoms with Crippen molar-refractivity contribution in [3.8, 4) is 0 Å². The molecule has 0 unspecified atom stereocenters. The second-order valence-electron chi connectivity index (χ2n) is 4.08. The van der Waals surface area contributed by atoms with Crippen LogP contribution in [0.5, 0.6) is 0 Å². The second kappa shape index (κ2) is 5.12. The Morgan fingerprint density at radius 3 is 3.19 bits per heavy atom. The Morgan fingerprint density at radius 1 is 1.69 bits per heavy atom. The second-order valence-corrected chi connectivity index (χ2v) is 4.08. The fourth-order valence-corrected chi connectivity index (χ4v) is 1.91. The summed E-state index contributed by atoms with van der Waals surface area (Å²) in [4.78, 5) is 11.9. The largest absolute Gasteiger partial charge is 0.322 e. The van der Waals surface area contributed by atoms with Gasteiger partial charge in [-0.1, -0.05) is 6.42 Å². The van der Waals surface area contributed by atoms with Gasteiger partial charge >= 0.3 is 0 Å². The van der Waals surface area contributed by atoms with Crippen molar-refractivity contribution in [3.05, 3.63) is 12.4 Å². The van der Waals surface area contributed by atoms with Crippen LogP contribution in [0.1, 0.15) is 26.2 Å². The summed E-state index contributed by atoms with van der Waals surface area (Å²) in [5.41, 5.74) is 0.777. The van der Waals surface area contributed by atoms with Gasteiger partial charge in [0.25, 0.3) is 0 Å². The van der Waals surface area contributed by atoms with E-state index < -0.39 is 0 Å². The number of piperidine rings is 1. The summed E-state index contributed by atoms with van der Waals surface area (Å²) in [6.45, 7) is 3.77. The molecule has 5 nitrogen and oxygen atoms in total. The molecule has 0 spiro atoms. The van der Waals surface area contributed by atoms with Crippen molar-refractivity contribution in [2.24, 2.45) is 0 Å². The van der Waals surface area contributed by atoms with Crippen molar-refractivity contribution in [2.45, 2.75) is 38.8 Å². The third kappa shape index (κ3) is 2.61. The molecular formula is C11H18N4O. The summed E-state index contributed by atoms with van der Waals surface area (Å²) in [6, 6.07) is -0.0428. The maximum Gasteiger partial charge on any atom is 0.241 e. The van der Waals surface area contributed by atoms with Crippen LogP contribution < -0.4 is 10.6 Å². The number of carbonyl (C=O) groups is 1. The molecule has 0 bridgehead atoms. The number of amides is 1. The number of hydrogen-bond acceptors (Lipinski definition) is 3. The quantitative estimate of drug-likeness (QED) is 0.801. The van der Waals surface area contributed by atoms with E-state index in [1.54, 1.807) is 10.9 Å². The Bertz CT molecular complexity index is 355. The van der Waals surface area contributed by atoms with Crippen molar-refractivity contribution in [2.75, 3.05) is 11.9 Å². The zero-order chi connectivity index (χ0) is 11.4. The first-order chi connectivity index (χ1) is 7.79. The molecule has 1 saturated heterocycles. The molecule has 88 valence electrons. The maximum absolute atomic E-state index is 11.9. The highest BCUT2D eigenvalue weighted by Gasteiger charge is 2.20. The molecule has 0 saturated carbocycles. The number of hydrogen-bond donors (Lipinski definition) is 2. The summed E-state index contributed by atoms with van der Waals surface area (Å²) in [7, 11) is 0. The number of nitrogens with one attached hydrogen (secondary N) is 2. The monoisotopic (exact) mass is 222 g/mol. The van der Waals surface area contributed by atoms with Crippen LogP contribution in [-0.4, -0.2) is 28.3 Å². The molecular weight excluding hydrogens is 204 g/mol. The molecule has 16 heavy (non-hydrogen) atoms. The average molecular weight is 222 g/mol. The van der Waals surface area contributed by atoms with Crippen molar-refractivity contribution in [1.82, 2.24) is 15.1 Å². The summed E-state index contributed by atoms with van der Waals surface area (Å²) < 4.78 is 1.80. The third-order valence-corrected chi connectivity index (χ3v) is 2.85. The van der Waals surface area contributed by atoms with Gasteiger partial charge in [0.05, 0.1) is 17.9 Å². The van der Waals surface area contributed by atoms with Crippen LogP contribution in [0.15, 0.2) is 12.4 Å². The van der Waals surface area contributed by atoms with E-state index in [1.165, 1.54) is 0 Å². The molecule has 2 rings (SSSR count). The van der Waals surface area contributed by atoms with E-state index >= 15 is 0 Å². The van der Waals surface area contributed by atoms with Gasteiger partial charge in [-0.3, -0.25) is 9.48 Å². The van der Waals surface area contributed by atoms with Crippen LogP contribution in [0.25, 0.3) is 0 Å². The number of anilines is 1. The van der Waals surface area contributed by atoms with E-state index in [1.807, 2.05) is 13.1 Å². The Labute approximate surface area is 95.2 Å². The van der Waals surface area contributed by atoms with Crippen molar-refractivity contribution < 1.29 is 4.79 Å². The van der Waals surface area contributed by atoms with Gasteiger partial charge in [-0.2, -0.15) is 5.10 Å². The highest BCUT2D eigenvalue weighted by atomic mass is 16.2. The summed E-state index contributed by atoms with van der Waals surface area (Å²) in [5.74, 6) is 0.0513. The topological polar surface area (TPSA) is 59.0 Å². The van der Waals surface area contributed by atoms with Gasteiger partial charge in [0, 0.05) is 12.7 Å². The van der Waals surface area contributed by atoms with Crippen LogP contribution in [0.3, 0.4) is 0 Å². The first kappa shape index (κ1) is 11.1. The molecule has 0 aliphatic carbocycles. The van der Waals surface area contributed by atoms with Gasteiger partial charge in [-0.15, -0.1) is 0 Å². The molecule has 1 atom stereocenters. The molecule has 2 heterocycles. The number of rotatable bonds is 3. The number of aromatic nitrogens is 2. The van der Waals surface area contributed by atoms with E-state index in [0.29, 0.717) is 0 Å². The molecule has 0 aromatic carbocycles. The van der Waals surface area contributed by atoms with Gasteiger partial charge in [0.1, 0.15) is 0 Å². The average Bonchev–Trinajstić information content (AvgIpc) is 2.78. The predicted octanol–water partition coefficient (Wildman–Crippen LogP) is 0.984. The number of nitrogens with zero attached hydrogens (tertiary/aromatic N) is 2. The van der Waals surface area contributed by atoms with Gasteiger partial charge in [-0.25, -0.2) is 0 Å². The van der Waals surface area contributed by atoms with Gasteiger partial charge in [0.15, 0.2) is 0 Å². The van der Waals surface area contributed by atoms with Crippen LogP contribution in [0.2, 0.25) is 0 Å². The first-order valence-electron chi connectivity index (χ1n) is 5.86. The van der Waals surface area contributed by atoms with Crippen LogP contribution >= 0.6 is 0 Å². The molecule has 5 heteroatoms. The van der Waals surface area contributed by atoms with Crippen LogP contribution in [0.4, 0.5) is 5.69 Å². The lowest BCUT2D eigenvalue weighted by molar-refractivity contribution is -0.118. The minimum Gasteiger partial charge on any atom is -0.322 e. The zero-order valence-corrected chi connectivity index (χ0v) is 9.57. The highest BCUT2D eigenvalue weighted by Crippen LogP contribution is 2.10. The Morgan fingerprint density at radius 2 is 2.56 bits per heavy atom. The Kier molecular flexibility index (Phi) is 3.56. The minimum absolute atomic E-state index is 0.0428. The van der Waals surface area contributed by atoms with Crippen molar-refractivity contribution in [1.29, 1.82) is 0 Å². The highest BCUT2D eigenvalue weighted by molar-refractivity contribution is 5.94. The van der Waals surface area contributed by atoms with E-state index in [0.717, 1.165) is 38.0 Å². The number of aryl methyl sites for hydroxylation is 1. The molecule has 0 radical (unpaired) electrons. The van der Waals surface area contributed by atoms with E-state index in [-0.39, 0.29) is 11.9 Å². The third-order valence-electron chi connectivity index (χ3n) is 2.85.